The first-order valence-corrected chi connectivity index (χ1v) is 10.7. The van der Waals surface area contributed by atoms with Crippen molar-refractivity contribution in [1.82, 2.24) is 0 Å². The summed E-state index contributed by atoms with van der Waals surface area (Å²) >= 11 is 6.20. The summed E-state index contributed by atoms with van der Waals surface area (Å²) in [5, 5.41) is 0.781. The van der Waals surface area contributed by atoms with Crippen LogP contribution in [0, 0.1) is 13.8 Å². The summed E-state index contributed by atoms with van der Waals surface area (Å²) in [5.41, 5.74) is 2.61. The molecule has 0 aromatic heterocycles. The van der Waals surface area contributed by atoms with Crippen molar-refractivity contribution in [2.24, 2.45) is 0 Å². The summed E-state index contributed by atoms with van der Waals surface area (Å²) in [6.45, 7) is 6.58. The van der Waals surface area contributed by atoms with Crippen LogP contribution >= 0.6 is 11.6 Å². The Morgan fingerprint density at radius 1 is 1.07 bits per heavy atom. The monoisotopic (exact) mass is 414 g/mol. The molecule has 4 heteroatoms. The summed E-state index contributed by atoms with van der Waals surface area (Å²) in [4.78, 5) is 12.4. The number of esters is 1. The van der Waals surface area contributed by atoms with Crippen molar-refractivity contribution in [2.45, 2.75) is 59.0 Å². The number of carbonyl (C=O) groups excluding carboxylic acids is 1. The molecule has 1 unspecified atom stereocenters. The Labute approximate surface area is 179 Å². The molecule has 0 fully saturated rings. The lowest BCUT2D eigenvalue weighted by Gasteiger charge is -2.16. The molecule has 2 rings (SSSR count). The van der Waals surface area contributed by atoms with Crippen molar-refractivity contribution < 1.29 is 14.3 Å². The Morgan fingerprint density at radius 3 is 2.41 bits per heavy atom. The Bertz CT molecular complexity index is 776. The van der Waals surface area contributed by atoms with Crippen LogP contribution in [0.4, 0.5) is 0 Å². The van der Waals surface area contributed by atoms with Gasteiger partial charge in [-0.1, -0.05) is 61.7 Å². The summed E-state index contributed by atoms with van der Waals surface area (Å²) in [6.07, 6.45) is 8.77. The van der Waals surface area contributed by atoms with Gasteiger partial charge < -0.3 is 9.47 Å². The zero-order chi connectivity index (χ0) is 21.1. The molecule has 0 aliphatic heterocycles. The standard InChI is InChI=1S/C25H31ClO3/c1-4-5-7-14-22(29-25(27)21-12-8-6-9-13-21)15-10-11-16-28-23-17-19(2)24(26)20(3)18-23/h6,8-13,17-18,22H,4-5,7,14-16H2,1-3H3/b11-10+. The highest BCUT2D eigenvalue weighted by atomic mass is 35.5. The maximum absolute atomic E-state index is 12.4. The number of benzene rings is 2. The summed E-state index contributed by atoms with van der Waals surface area (Å²) < 4.78 is 11.5. The van der Waals surface area contributed by atoms with Gasteiger partial charge in [0.25, 0.3) is 0 Å². The number of aryl methyl sites for hydroxylation is 2. The molecule has 0 N–H and O–H groups in total. The molecule has 0 saturated carbocycles. The Kier molecular flexibility index (Phi) is 9.79. The van der Waals surface area contributed by atoms with Crippen molar-refractivity contribution in [3.05, 3.63) is 76.3 Å². The number of halogens is 1. The fourth-order valence-corrected chi connectivity index (χ4v) is 3.20. The molecule has 3 nitrogen and oxygen atoms in total. The SMILES string of the molecule is CCCCCC(C/C=C/COc1cc(C)c(Cl)c(C)c1)OC(=O)c1ccccc1. The third-order valence-corrected chi connectivity index (χ3v) is 5.33. The Balaban J connectivity index is 1.86. The van der Waals surface area contributed by atoms with E-state index < -0.39 is 0 Å². The van der Waals surface area contributed by atoms with Gasteiger partial charge in [0.1, 0.15) is 18.5 Å². The van der Waals surface area contributed by atoms with E-state index in [2.05, 4.69) is 6.92 Å². The van der Waals surface area contributed by atoms with Gasteiger partial charge in [-0.25, -0.2) is 4.79 Å². The smallest absolute Gasteiger partial charge is 0.338 e. The van der Waals surface area contributed by atoms with Gasteiger partial charge in [0.15, 0.2) is 0 Å². The second-order valence-electron chi connectivity index (χ2n) is 7.28. The maximum atomic E-state index is 12.4. The number of hydrogen-bond acceptors (Lipinski definition) is 3. The lowest BCUT2D eigenvalue weighted by atomic mass is 10.1. The third-order valence-electron chi connectivity index (χ3n) is 4.73. The maximum Gasteiger partial charge on any atom is 0.338 e. The topological polar surface area (TPSA) is 35.5 Å². The molecule has 0 spiro atoms. The van der Waals surface area contributed by atoms with Gasteiger partial charge in [-0.05, 0) is 62.1 Å². The van der Waals surface area contributed by atoms with Crippen molar-refractivity contribution in [3.8, 4) is 5.75 Å². The molecule has 0 bridgehead atoms. The van der Waals surface area contributed by atoms with E-state index in [1.54, 1.807) is 12.1 Å². The van der Waals surface area contributed by atoms with Gasteiger partial charge in [0.2, 0.25) is 0 Å². The van der Waals surface area contributed by atoms with Crippen LogP contribution in [-0.4, -0.2) is 18.7 Å². The van der Waals surface area contributed by atoms with E-state index in [-0.39, 0.29) is 12.1 Å². The van der Waals surface area contributed by atoms with Crippen LogP contribution in [0.15, 0.2) is 54.6 Å². The lowest BCUT2D eigenvalue weighted by molar-refractivity contribution is 0.0283. The van der Waals surface area contributed by atoms with Gasteiger partial charge in [-0.2, -0.15) is 0 Å². The predicted octanol–water partition coefficient (Wildman–Crippen LogP) is 7.09. The van der Waals surface area contributed by atoms with E-state index >= 15 is 0 Å². The first-order valence-electron chi connectivity index (χ1n) is 10.3. The second-order valence-corrected chi connectivity index (χ2v) is 7.66. The molecular weight excluding hydrogens is 384 g/mol. The van der Waals surface area contributed by atoms with E-state index in [1.165, 1.54) is 0 Å². The van der Waals surface area contributed by atoms with Crippen molar-refractivity contribution in [2.75, 3.05) is 6.61 Å². The zero-order valence-corrected chi connectivity index (χ0v) is 18.4. The minimum Gasteiger partial charge on any atom is -0.490 e. The molecular formula is C25H31ClO3. The first kappa shape index (κ1) is 23.0. The minimum absolute atomic E-state index is 0.120. The average molecular weight is 415 g/mol. The van der Waals surface area contributed by atoms with E-state index in [9.17, 15) is 4.79 Å². The fourth-order valence-electron chi connectivity index (χ4n) is 3.09. The minimum atomic E-state index is -0.260. The van der Waals surface area contributed by atoms with E-state index in [4.69, 9.17) is 21.1 Å². The van der Waals surface area contributed by atoms with Gasteiger partial charge in [-0.3, -0.25) is 0 Å². The molecule has 0 aliphatic carbocycles. The quantitative estimate of drug-likeness (QED) is 0.223. The first-order chi connectivity index (χ1) is 14.0. The molecule has 156 valence electrons. The van der Waals surface area contributed by atoms with Crippen molar-refractivity contribution in [3.63, 3.8) is 0 Å². The second kappa shape index (κ2) is 12.3. The average Bonchev–Trinajstić information content (AvgIpc) is 2.72. The molecule has 0 aliphatic rings. The van der Waals surface area contributed by atoms with Gasteiger partial charge in [0, 0.05) is 11.4 Å². The largest absolute Gasteiger partial charge is 0.490 e. The zero-order valence-electron chi connectivity index (χ0n) is 17.6. The number of rotatable bonds is 11. The number of ether oxygens (including phenoxy) is 2. The molecule has 0 saturated heterocycles. The van der Waals surface area contributed by atoms with Gasteiger partial charge >= 0.3 is 5.97 Å². The third kappa shape index (κ3) is 7.94. The molecule has 0 heterocycles. The van der Waals surface area contributed by atoms with Crippen LogP contribution in [0.1, 0.15) is 60.5 Å². The Hall–Kier alpha value is -2.26. The van der Waals surface area contributed by atoms with Gasteiger partial charge in [0.05, 0.1) is 5.56 Å². The normalized spacial score (nSPS) is 12.1. The van der Waals surface area contributed by atoms with E-state index in [0.29, 0.717) is 18.6 Å². The lowest BCUT2D eigenvalue weighted by Crippen LogP contribution is -2.18. The van der Waals surface area contributed by atoms with Crippen LogP contribution in [0.3, 0.4) is 0 Å². The van der Waals surface area contributed by atoms with Gasteiger partial charge in [-0.15, -0.1) is 0 Å². The van der Waals surface area contributed by atoms with E-state index in [0.717, 1.165) is 47.6 Å². The molecule has 2 aromatic rings. The van der Waals surface area contributed by atoms with Crippen LogP contribution in [0.5, 0.6) is 5.75 Å². The number of hydrogen-bond donors (Lipinski definition) is 0. The number of carbonyl (C=O) groups is 1. The fraction of sp³-hybridized carbons (Fsp3) is 0.400. The van der Waals surface area contributed by atoms with Crippen LogP contribution in [-0.2, 0) is 4.74 Å². The van der Waals surface area contributed by atoms with Crippen LogP contribution in [0.25, 0.3) is 0 Å². The summed E-state index contributed by atoms with van der Waals surface area (Å²) in [5.74, 6) is 0.549. The van der Waals surface area contributed by atoms with Crippen molar-refractivity contribution in [1.29, 1.82) is 0 Å². The molecule has 29 heavy (non-hydrogen) atoms. The van der Waals surface area contributed by atoms with Crippen LogP contribution in [0.2, 0.25) is 5.02 Å². The van der Waals surface area contributed by atoms with Crippen molar-refractivity contribution >= 4 is 17.6 Å². The highest BCUT2D eigenvalue weighted by Gasteiger charge is 2.14. The summed E-state index contributed by atoms with van der Waals surface area (Å²) in [6, 6.07) is 13.0. The predicted molar refractivity (Wildman–Crippen MR) is 120 cm³/mol. The van der Waals surface area contributed by atoms with Crippen LogP contribution < -0.4 is 4.74 Å². The Morgan fingerprint density at radius 2 is 1.76 bits per heavy atom. The molecule has 0 amide bonds. The molecule has 0 radical (unpaired) electrons. The molecule has 1 atom stereocenters. The summed E-state index contributed by atoms with van der Waals surface area (Å²) in [7, 11) is 0. The molecule has 2 aromatic carbocycles. The van der Waals surface area contributed by atoms with E-state index in [1.807, 2.05) is 56.3 Å². The highest BCUT2D eigenvalue weighted by Crippen LogP contribution is 2.25. The highest BCUT2D eigenvalue weighted by molar-refractivity contribution is 6.32. The number of unbranched alkanes of at least 4 members (excludes halogenated alkanes) is 2.